The third-order valence-corrected chi connectivity index (χ3v) is 5.15. The minimum absolute atomic E-state index is 0.0836. The van der Waals surface area contributed by atoms with Crippen molar-refractivity contribution in [2.75, 3.05) is 18.1 Å². The standard InChI is InChI=1S/C21H20N2O7/c1-12-9-14-5-3-4-6-16(14)22(12)20(24)13(2)30-21(25)15-10-18-19(29-8-7-28-18)11-17(15)23(26)27/h3-6,10-13H,7-9H2,1-2H3/t12-,13+/m1/s1. The largest absolute Gasteiger partial charge is 0.486 e. The molecular weight excluding hydrogens is 392 g/mol. The molecule has 2 atom stereocenters. The summed E-state index contributed by atoms with van der Waals surface area (Å²) in [7, 11) is 0. The fourth-order valence-electron chi connectivity index (χ4n) is 3.76. The zero-order valence-electron chi connectivity index (χ0n) is 16.5. The predicted molar refractivity (Wildman–Crippen MR) is 106 cm³/mol. The molecule has 0 unspecified atom stereocenters. The molecule has 2 aliphatic rings. The van der Waals surface area contributed by atoms with Gasteiger partial charge in [0.15, 0.2) is 17.6 Å². The van der Waals surface area contributed by atoms with Crippen LogP contribution in [-0.2, 0) is 16.0 Å². The van der Waals surface area contributed by atoms with Gasteiger partial charge in [0.05, 0.1) is 11.0 Å². The minimum atomic E-state index is -1.13. The first-order valence-electron chi connectivity index (χ1n) is 9.57. The van der Waals surface area contributed by atoms with Crippen molar-refractivity contribution in [2.24, 2.45) is 0 Å². The Kier molecular flexibility index (Phi) is 5.03. The number of nitro benzene ring substituents is 1. The second-order valence-corrected chi connectivity index (χ2v) is 7.21. The van der Waals surface area contributed by atoms with E-state index >= 15 is 0 Å². The van der Waals surface area contributed by atoms with Gasteiger partial charge in [-0.2, -0.15) is 0 Å². The van der Waals surface area contributed by atoms with Gasteiger partial charge in [-0.15, -0.1) is 0 Å². The van der Waals surface area contributed by atoms with Crippen molar-refractivity contribution < 1.29 is 28.7 Å². The van der Waals surface area contributed by atoms with Crippen molar-refractivity contribution in [2.45, 2.75) is 32.4 Å². The van der Waals surface area contributed by atoms with Crippen molar-refractivity contribution in [1.82, 2.24) is 0 Å². The summed E-state index contributed by atoms with van der Waals surface area (Å²) in [6.07, 6.45) is -0.421. The smallest absolute Gasteiger partial charge is 0.346 e. The van der Waals surface area contributed by atoms with Crippen molar-refractivity contribution in [1.29, 1.82) is 0 Å². The quantitative estimate of drug-likeness (QED) is 0.432. The summed E-state index contributed by atoms with van der Waals surface area (Å²) in [5.74, 6) is -0.948. The zero-order valence-corrected chi connectivity index (χ0v) is 16.5. The molecule has 0 fully saturated rings. The highest BCUT2D eigenvalue weighted by molar-refractivity contribution is 6.02. The van der Waals surface area contributed by atoms with Gasteiger partial charge in [0.2, 0.25) is 0 Å². The molecule has 2 heterocycles. The lowest BCUT2D eigenvalue weighted by Crippen LogP contribution is -2.43. The molecule has 0 saturated carbocycles. The first-order valence-corrected chi connectivity index (χ1v) is 9.57. The Hall–Kier alpha value is -3.62. The van der Waals surface area contributed by atoms with E-state index in [9.17, 15) is 19.7 Å². The molecule has 0 radical (unpaired) electrons. The van der Waals surface area contributed by atoms with Gasteiger partial charge in [0.25, 0.3) is 11.6 Å². The van der Waals surface area contributed by atoms with E-state index in [0.29, 0.717) is 6.42 Å². The fraction of sp³-hybridized carbons (Fsp3) is 0.333. The number of nitrogens with zero attached hydrogens (tertiary/aromatic N) is 2. The van der Waals surface area contributed by atoms with E-state index in [4.69, 9.17) is 14.2 Å². The molecule has 30 heavy (non-hydrogen) atoms. The van der Waals surface area contributed by atoms with Gasteiger partial charge in [-0.1, -0.05) is 18.2 Å². The number of esters is 1. The molecule has 0 N–H and O–H groups in total. The monoisotopic (exact) mass is 412 g/mol. The zero-order chi connectivity index (χ0) is 21.4. The van der Waals surface area contributed by atoms with Crippen LogP contribution in [0.4, 0.5) is 11.4 Å². The number of amides is 1. The number of nitro groups is 1. The summed E-state index contributed by atoms with van der Waals surface area (Å²) < 4.78 is 16.1. The van der Waals surface area contributed by atoms with Crippen molar-refractivity contribution in [3.05, 3.63) is 57.6 Å². The van der Waals surface area contributed by atoms with Crippen molar-refractivity contribution >= 4 is 23.3 Å². The number of ether oxygens (including phenoxy) is 3. The Morgan fingerprint density at radius 3 is 2.57 bits per heavy atom. The molecule has 0 bridgehead atoms. The maximum atomic E-state index is 13.0. The number of benzene rings is 2. The summed E-state index contributed by atoms with van der Waals surface area (Å²) in [4.78, 5) is 38.1. The van der Waals surface area contributed by atoms with Crippen LogP contribution >= 0.6 is 0 Å². The highest BCUT2D eigenvalue weighted by Crippen LogP contribution is 2.37. The SMILES string of the molecule is C[C@H](OC(=O)c1cc2c(cc1[N+](=O)[O-])OCCO2)C(=O)N1c2ccccc2C[C@H]1C. The number of rotatable bonds is 4. The number of fused-ring (bicyclic) bond motifs is 2. The lowest BCUT2D eigenvalue weighted by atomic mass is 10.1. The maximum Gasteiger partial charge on any atom is 0.346 e. The molecule has 2 aromatic rings. The molecular formula is C21H20N2O7. The summed E-state index contributed by atoms with van der Waals surface area (Å²) in [6.45, 7) is 3.89. The summed E-state index contributed by atoms with van der Waals surface area (Å²) in [6, 6.07) is 9.82. The number of hydrogen-bond donors (Lipinski definition) is 0. The van der Waals surface area contributed by atoms with Crippen LogP contribution in [0.2, 0.25) is 0 Å². The van der Waals surface area contributed by atoms with Gasteiger partial charge < -0.3 is 19.1 Å². The van der Waals surface area contributed by atoms with Gasteiger partial charge in [0, 0.05) is 17.8 Å². The van der Waals surface area contributed by atoms with Gasteiger partial charge in [-0.25, -0.2) is 4.79 Å². The van der Waals surface area contributed by atoms with E-state index in [1.807, 2.05) is 31.2 Å². The Bertz CT molecular complexity index is 1040. The normalized spacial score (nSPS) is 17.8. The third-order valence-electron chi connectivity index (χ3n) is 5.15. The van der Waals surface area contributed by atoms with Gasteiger partial charge in [-0.3, -0.25) is 14.9 Å². The fourth-order valence-corrected chi connectivity index (χ4v) is 3.76. The third kappa shape index (κ3) is 3.42. The predicted octanol–water partition coefficient (Wildman–Crippen LogP) is 2.89. The molecule has 1 amide bonds. The molecule has 9 heteroatoms. The number of anilines is 1. The summed E-state index contributed by atoms with van der Waals surface area (Å²) in [5.41, 5.74) is 1.06. The van der Waals surface area contributed by atoms with E-state index in [-0.39, 0.29) is 42.2 Å². The second kappa shape index (κ2) is 7.66. The molecule has 2 aliphatic heterocycles. The van der Waals surface area contributed by atoms with Crippen LogP contribution < -0.4 is 14.4 Å². The van der Waals surface area contributed by atoms with E-state index < -0.39 is 22.7 Å². The van der Waals surface area contributed by atoms with Gasteiger partial charge >= 0.3 is 5.97 Å². The number of carbonyl (C=O) groups is 2. The van der Waals surface area contributed by atoms with Crippen molar-refractivity contribution in [3.8, 4) is 11.5 Å². The van der Waals surface area contributed by atoms with E-state index in [1.54, 1.807) is 4.90 Å². The summed E-state index contributed by atoms with van der Waals surface area (Å²) in [5, 5.41) is 11.4. The first-order chi connectivity index (χ1) is 14.4. The Morgan fingerprint density at radius 2 is 1.87 bits per heavy atom. The lowest BCUT2D eigenvalue weighted by Gasteiger charge is -2.26. The van der Waals surface area contributed by atoms with E-state index in [1.165, 1.54) is 13.0 Å². The topological polar surface area (TPSA) is 108 Å². The Morgan fingerprint density at radius 1 is 1.20 bits per heavy atom. The Balaban J connectivity index is 1.57. The average Bonchev–Trinajstić information content (AvgIpc) is 3.07. The maximum absolute atomic E-state index is 13.0. The van der Waals surface area contributed by atoms with Crippen molar-refractivity contribution in [3.63, 3.8) is 0 Å². The van der Waals surface area contributed by atoms with Crippen LogP contribution in [0.5, 0.6) is 11.5 Å². The molecule has 156 valence electrons. The van der Waals surface area contributed by atoms with Crippen LogP contribution in [0.25, 0.3) is 0 Å². The first kappa shape index (κ1) is 19.7. The van der Waals surface area contributed by atoms with Gasteiger partial charge in [0.1, 0.15) is 18.8 Å². The average molecular weight is 412 g/mol. The lowest BCUT2D eigenvalue weighted by molar-refractivity contribution is -0.385. The minimum Gasteiger partial charge on any atom is -0.486 e. The number of hydrogen-bond acceptors (Lipinski definition) is 7. The second-order valence-electron chi connectivity index (χ2n) is 7.21. The highest BCUT2D eigenvalue weighted by atomic mass is 16.6. The van der Waals surface area contributed by atoms with Crippen LogP contribution in [-0.4, -0.2) is 42.2 Å². The number of carbonyl (C=O) groups excluding carboxylic acids is 2. The molecule has 2 aromatic carbocycles. The van der Waals surface area contributed by atoms with Crippen LogP contribution in [0.1, 0.15) is 29.8 Å². The molecule has 4 rings (SSSR count). The van der Waals surface area contributed by atoms with Crippen LogP contribution in [0.15, 0.2) is 36.4 Å². The molecule has 0 aromatic heterocycles. The molecule has 0 saturated heterocycles. The highest BCUT2D eigenvalue weighted by Gasteiger charge is 2.36. The van der Waals surface area contributed by atoms with Crippen LogP contribution in [0.3, 0.4) is 0 Å². The van der Waals surface area contributed by atoms with Gasteiger partial charge in [-0.05, 0) is 31.9 Å². The Labute approximate surface area is 172 Å². The molecule has 0 spiro atoms. The molecule has 9 nitrogen and oxygen atoms in total. The van der Waals surface area contributed by atoms with Crippen LogP contribution in [0, 0.1) is 10.1 Å². The van der Waals surface area contributed by atoms with E-state index in [0.717, 1.165) is 17.3 Å². The summed E-state index contributed by atoms with van der Waals surface area (Å²) >= 11 is 0. The number of para-hydroxylation sites is 1. The molecule has 0 aliphatic carbocycles. The van der Waals surface area contributed by atoms with E-state index in [2.05, 4.69) is 0 Å².